The molecule has 4 aromatic rings. The number of rotatable bonds is 5. The number of fused-ring (bicyclic) bond motifs is 1. The second-order valence-electron chi connectivity index (χ2n) is 9.03. The number of aromatic nitrogens is 3. The summed E-state index contributed by atoms with van der Waals surface area (Å²) in [5.74, 6) is 0.454. The smallest absolute Gasteiger partial charge is 0.300 e. The van der Waals surface area contributed by atoms with Crippen LogP contribution in [0.4, 0.5) is 17.5 Å². The van der Waals surface area contributed by atoms with Crippen molar-refractivity contribution in [3.05, 3.63) is 47.9 Å². The van der Waals surface area contributed by atoms with Gasteiger partial charge in [0.2, 0.25) is 11.5 Å². The Bertz CT molecular complexity index is 1420. The molecule has 1 atom stereocenters. The number of morpholine rings is 1. The van der Waals surface area contributed by atoms with Gasteiger partial charge in [0, 0.05) is 37.8 Å². The first kappa shape index (κ1) is 25.1. The van der Waals surface area contributed by atoms with Crippen LogP contribution in [-0.2, 0) is 4.74 Å². The van der Waals surface area contributed by atoms with Crippen LogP contribution in [0.5, 0.6) is 0 Å². The first-order valence-corrected chi connectivity index (χ1v) is 11.9. The van der Waals surface area contributed by atoms with Crippen molar-refractivity contribution >= 4 is 48.2 Å². The maximum atomic E-state index is 13.1. The molecule has 2 aliphatic rings. The Morgan fingerprint density at radius 2 is 1.95 bits per heavy atom. The fourth-order valence-electron chi connectivity index (χ4n) is 4.47. The first-order valence-electron chi connectivity index (χ1n) is 11.9. The summed E-state index contributed by atoms with van der Waals surface area (Å²) in [4.78, 5) is 30.7. The van der Waals surface area contributed by atoms with E-state index in [0.29, 0.717) is 80.5 Å². The van der Waals surface area contributed by atoms with Crippen LogP contribution in [-0.4, -0.2) is 71.5 Å². The zero-order valence-electron chi connectivity index (χ0n) is 20.3. The first-order chi connectivity index (χ1) is 17.5. The number of benzene rings is 1. The van der Waals surface area contributed by atoms with Crippen LogP contribution in [0.25, 0.3) is 22.7 Å². The molecule has 0 aliphatic carbocycles. The zero-order chi connectivity index (χ0) is 24.6. The quantitative estimate of drug-likeness (QED) is 0.402. The van der Waals surface area contributed by atoms with Crippen molar-refractivity contribution in [2.75, 3.05) is 54.5 Å². The second-order valence-corrected chi connectivity index (χ2v) is 9.03. The van der Waals surface area contributed by atoms with Crippen molar-refractivity contribution in [3.63, 3.8) is 0 Å². The summed E-state index contributed by atoms with van der Waals surface area (Å²) in [6.45, 7) is 5.57. The molecule has 5 heterocycles. The van der Waals surface area contributed by atoms with E-state index in [1.165, 1.54) is 6.26 Å². The molecule has 2 fully saturated rings. The maximum absolute atomic E-state index is 13.1. The van der Waals surface area contributed by atoms with Crippen LogP contribution in [0.15, 0.2) is 45.4 Å². The highest BCUT2D eigenvalue weighted by molar-refractivity contribution is 7.59. The molecule has 0 radical (unpaired) electrons. The van der Waals surface area contributed by atoms with Crippen molar-refractivity contribution in [3.8, 4) is 11.5 Å². The largest absolute Gasteiger partial charge is 0.444 e. The summed E-state index contributed by atoms with van der Waals surface area (Å²) in [6, 6.07) is 9.90. The Labute approximate surface area is 219 Å². The molecule has 0 bridgehead atoms. The number of pyridine rings is 1. The van der Waals surface area contributed by atoms with Gasteiger partial charge in [-0.3, -0.25) is 4.79 Å². The highest BCUT2D eigenvalue weighted by Crippen LogP contribution is 2.33. The maximum Gasteiger partial charge on any atom is 0.300 e. The molecular formula is C25H28N6O5S. The van der Waals surface area contributed by atoms with Crippen LogP contribution < -0.4 is 15.1 Å². The van der Waals surface area contributed by atoms with E-state index >= 15 is 0 Å². The van der Waals surface area contributed by atoms with Gasteiger partial charge in [-0.05, 0) is 25.5 Å². The second kappa shape index (κ2) is 10.4. The highest BCUT2D eigenvalue weighted by Gasteiger charge is 2.27. The fourth-order valence-corrected chi connectivity index (χ4v) is 4.47. The minimum Gasteiger partial charge on any atom is -0.444 e. The van der Waals surface area contributed by atoms with Crippen molar-refractivity contribution < 1.29 is 23.5 Å². The molecule has 6 rings (SSSR count). The molecule has 194 valence electrons. The Hall–Kier alpha value is -3.61. The summed E-state index contributed by atoms with van der Waals surface area (Å²) in [5, 5.41) is 13.0. The molecule has 2 aliphatic heterocycles. The minimum absolute atomic E-state index is 0. The van der Waals surface area contributed by atoms with Gasteiger partial charge in [-0.15, -0.1) is 0 Å². The molecule has 0 spiro atoms. The number of amides is 1. The number of anilines is 3. The molecule has 1 aromatic carbocycles. The number of nitrogens with zero attached hydrogens (tertiary/aromatic N) is 5. The Kier molecular flexibility index (Phi) is 7.04. The van der Waals surface area contributed by atoms with Crippen molar-refractivity contribution in [2.24, 2.45) is 0 Å². The summed E-state index contributed by atoms with van der Waals surface area (Å²) < 4.78 is 17.0. The molecule has 2 saturated heterocycles. The van der Waals surface area contributed by atoms with Gasteiger partial charge >= 0.3 is 0 Å². The van der Waals surface area contributed by atoms with E-state index in [9.17, 15) is 9.90 Å². The van der Waals surface area contributed by atoms with Gasteiger partial charge in [0.25, 0.3) is 11.9 Å². The number of aryl methyl sites for hydroxylation is 1. The van der Waals surface area contributed by atoms with Gasteiger partial charge in [-0.2, -0.15) is 18.5 Å². The molecule has 0 saturated carbocycles. The molecule has 2 N–H and O–H groups in total. The van der Waals surface area contributed by atoms with E-state index < -0.39 is 12.0 Å². The summed E-state index contributed by atoms with van der Waals surface area (Å²) in [5.41, 5.74) is 3.35. The van der Waals surface area contributed by atoms with Crippen LogP contribution in [0, 0.1) is 6.92 Å². The Balaban J connectivity index is 0.00000280. The lowest BCUT2D eigenvalue weighted by atomic mass is 10.1. The van der Waals surface area contributed by atoms with Gasteiger partial charge in [-0.1, -0.05) is 17.7 Å². The number of hydrogen-bond donors (Lipinski definition) is 2. The van der Waals surface area contributed by atoms with Crippen LogP contribution in [0.2, 0.25) is 0 Å². The zero-order valence-corrected chi connectivity index (χ0v) is 21.3. The van der Waals surface area contributed by atoms with E-state index in [-0.39, 0.29) is 19.2 Å². The van der Waals surface area contributed by atoms with E-state index in [1.807, 2.05) is 41.0 Å². The lowest BCUT2D eigenvalue weighted by Gasteiger charge is -2.24. The average molecular weight is 525 g/mol. The molecule has 37 heavy (non-hydrogen) atoms. The third-order valence-electron chi connectivity index (χ3n) is 6.35. The van der Waals surface area contributed by atoms with E-state index in [4.69, 9.17) is 18.6 Å². The lowest BCUT2D eigenvalue weighted by Crippen LogP contribution is -2.36. The van der Waals surface area contributed by atoms with Crippen molar-refractivity contribution in [1.82, 2.24) is 15.0 Å². The lowest BCUT2D eigenvalue weighted by molar-refractivity contribution is 0.102. The molecule has 3 aromatic heterocycles. The number of nitrogens with one attached hydrogen (secondary N) is 1. The topological polar surface area (TPSA) is 130 Å². The number of β-amino-alcohol motifs (C(OH)–C–C–N with tert-alkyl or cyclic N) is 1. The highest BCUT2D eigenvalue weighted by atomic mass is 32.1. The third-order valence-corrected chi connectivity index (χ3v) is 6.35. The van der Waals surface area contributed by atoms with Crippen molar-refractivity contribution in [1.29, 1.82) is 0 Å². The number of ether oxygens (including phenoxy) is 1. The monoisotopic (exact) mass is 524 g/mol. The predicted octanol–water partition coefficient (Wildman–Crippen LogP) is 2.96. The van der Waals surface area contributed by atoms with Gasteiger partial charge in [-0.25, -0.2) is 9.97 Å². The van der Waals surface area contributed by atoms with Crippen LogP contribution in [0.1, 0.15) is 22.5 Å². The summed E-state index contributed by atoms with van der Waals surface area (Å²) in [6.07, 6.45) is 1.50. The summed E-state index contributed by atoms with van der Waals surface area (Å²) >= 11 is 0. The van der Waals surface area contributed by atoms with E-state index in [0.717, 1.165) is 11.1 Å². The third kappa shape index (κ3) is 5.13. The number of aliphatic hydroxyl groups is 1. The van der Waals surface area contributed by atoms with Gasteiger partial charge < -0.3 is 33.8 Å². The van der Waals surface area contributed by atoms with E-state index in [1.54, 1.807) is 6.07 Å². The number of aliphatic hydroxyl groups excluding tert-OH is 1. The molecule has 11 nitrogen and oxygen atoms in total. The van der Waals surface area contributed by atoms with Crippen LogP contribution in [0.3, 0.4) is 0 Å². The standard InChI is InChI=1S/C25H26N6O5.H2S/c1-15-3-2-4-16(11-15)24-27-19(14-35-24)23(33)26-18-12-20-21(28-22(18)31-6-5-17(32)13-31)29-25(36-20)30-7-9-34-10-8-30;/h2-4,11-12,14,17,32H,5-10,13H2,1H3,(H,26,33);1H2/t17-;/m1./s1. The number of hydrogen-bond acceptors (Lipinski definition) is 10. The molecule has 12 heteroatoms. The SMILES string of the molecule is Cc1cccc(-c2nc(C(=O)Nc3cc4oc(N5CCOCC5)nc4nc3N3CC[C@@H](O)C3)co2)c1.S. The summed E-state index contributed by atoms with van der Waals surface area (Å²) in [7, 11) is 0. The average Bonchev–Trinajstić information content (AvgIpc) is 3.63. The normalized spacial score (nSPS) is 17.7. The van der Waals surface area contributed by atoms with E-state index in [2.05, 4.69) is 15.3 Å². The van der Waals surface area contributed by atoms with Crippen molar-refractivity contribution in [2.45, 2.75) is 19.4 Å². The predicted molar refractivity (Wildman–Crippen MR) is 143 cm³/mol. The number of carbonyl (C=O) groups excluding carboxylic acids is 1. The molecule has 0 unspecified atom stereocenters. The number of oxazole rings is 2. The Morgan fingerprint density at radius 1 is 1.11 bits per heavy atom. The Morgan fingerprint density at radius 3 is 2.70 bits per heavy atom. The minimum atomic E-state index is -0.459. The van der Waals surface area contributed by atoms with Gasteiger partial charge in [0.05, 0.1) is 25.0 Å². The van der Waals surface area contributed by atoms with Gasteiger partial charge in [0.15, 0.2) is 17.1 Å². The van der Waals surface area contributed by atoms with Gasteiger partial charge in [0.1, 0.15) is 6.26 Å². The molecular weight excluding hydrogens is 496 g/mol. The van der Waals surface area contributed by atoms with Crippen LogP contribution >= 0.6 is 13.5 Å². The molecule has 1 amide bonds. The fraction of sp³-hybridized carbons (Fsp3) is 0.360. The number of carbonyl (C=O) groups is 1.